The van der Waals surface area contributed by atoms with Gasteiger partial charge in [-0.25, -0.2) is 8.42 Å². The highest BCUT2D eigenvalue weighted by Crippen LogP contribution is 2.34. The summed E-state index contributed by atoms with van der Waals surface area (Å²) in [6.45, 7) is 2.76. The minimum atomic E-state index is -4.38. The molecule has 0 N–H and O–H groups in total. The fraction of sp³-hybridized carbons (Fsp3) is 0.538. The van der Waals surface area contributed by atoms with Gasteiger partial charge in [-0.2, -0.15) is 17.5 Å². The van der Waals surface area contributed by atoms with E-state index < -0.39 is 21.8 Å². The van der Waals surface area contributed by atoms with Gasteiger partial charge in [0.15, 0.2) is 0 Å². The summed E-state index contributed by atoms with van der Waals surface area (Å²) in [4.78, 5) is 1.77. The highest BCUT2D eigenvalue weighted by Gasteiger charge is 2.33. The lowest BCUT2D eigenvalue weighted by Gasteiger charge is -2.35. The number of sulfonamides is 1. The first-order chi connectivity index (χ1) is 9.59. The number of hydrogen-bond donors (Lipinski definition) is 0. The molecule has 0 bridgehead atoms. The maximum atomic E-state index is 12.9. The molecule has 1 heterocycles. The third-order valence-electron chi connectivity index (χ3n) is 3.60. The average molecular weight is 322 g/mol. The second-order valence-electron chi connectivity index (χ2n) is 5.15. The van der Waals surface area contributed by atoms with E-state index in [0.29, 0.717) is 18.8 Å². The van der Waals surface area contributed by atoms with Crippen LogP contribution in [0.4, 0.5) is 18.9 Å². The van der Waals surface area contributed by atoms with Crippen LogP contribution in [-0.4, -0.2) is 45.2 Å². The van der Waals surface area contributed by atoms with Gasteiger partial charge in [-0.3, -0.25) is 0 Å². The Labute approximate surface area is 122 Å². The summed E-state index contributed by atoms with van der Waals surface area (Å²) in [6, 6.07) is 4.22. The summed E-state index contributed by atoms with van der Waals surface area (Å²) in [6.07, 6.45) is -3.25. The van der Waals surface area contributed by atoms with E-state index in [1.807, 2.05) is 0 Å². The molecule has 1 saturated heterocycles. The Kier molecular flexibility index (Phi) is 4.21. The van der Waals surface area contributed by atoms with Gasteiger partial charge in [0, 0.05) is 31.9 Å². The van der Waals surface area contributed by atoms with Gasteiger partial charge in [0.25, 0.3) is 0 Å². The minimum Gasteiger partial charge on any atom is -0.369 e. The standard InChI is InChI=1S/C13H17F3N2O2S/c1-10-3-4-11(9-12(10)13(14,15)16)17-5-7-18(8-6-17)21(2,19)20/h3-4,9H,5-8H2,1-2H3. The van der Waals surface area contributed by atoms with Crippen molar-refractivity contribution in [2.45, 2.75) is 13.1 Å². The number of nitrogens with zero attached hydrogens (tertiary/aromatic N) is 2. The number of hydrogen-bond acceptors (Lipinski definition) is 3. The van der Waals surface area contributed by atoms with Crippen LogP contribution in [0.5, 0.6) is 0 Å². The molecule has 0 amide bonds. The number of rotatable bonds is 2. The third kappa shape index (κ3) is 3.68. The first kappa shape index (κ1) is 16.1. The summed E-state index contributed by atoms with van der Waals surface area (Å²) in [5, 5.41) is 0. The lowest BCUT2D eigenvalue weighted by Crippen LogP contribution is -2.48. The van der Waals surface area contributed by atoms with E-state index in [1.54, 1.807) is 11.0 Å². The van der Waals surface area contributed by atoms with Crippen molar-refractivity contribution in [3.05, 3.63) is 29.3 Å². The number of alkyl halides is 3. The second-order valence-corrected chi connectivity index (χ2v) is 7.13. The zero-order chi connectivity index (χ0) is 15.8. The Bertz CT molecular complexity index is 621. The monoisotopic (exact) mass is 322 g/mol. The van der Waals surface area contributed by atoms with Crippen LogP contribution in [0.3, 0.4) is 0 Å². The van der Waals surface area contributed by atoms with Crippen LogP contribution in [-0.2, 0) is 16.2 Å². The van der Waals surface area contributed by atoms with Gasteiger partial charge in [0.2, 0.25) is 10.0 Å². The molecule has 0 spiro atoms. The number of halogens is 3. The lowest BCUT2D eigenvalue weighted by molar-refractivity contribution is -0.138. The molecule has 1 aliphatic heterocycles. The molecule has 21 heavy (non-hydrogen) atoms. The molecule has 0 aliphatic carbocycles. The first-order valence-corrected chi connectivity index (χ1v) is 8.32. The van der Waals surface area contributed by atoms with Crippen molar-refractivity contribution in [3.8, 4) is 0 Å². The topological polar surface area (TPSA) is 40.6 Å². The Balaban J connectivity index is 2.18. The van der Waals surface area contributed by atoms with Gasteiger partial charge in [0.1, 0.15) is 0 Å². The molecule has 1 aliphatic rings. The minimum absolute atomic E-state index is 0.182. The first-order valence-electron chi connectivity index (χ1n) is 6.47. The predicted octanol–water partition coefficient (Wildman–Crippen LogP) is 2.10. The van der Waals surface area contributed by atoms with E-state index in [4.69, 9.17) is 0 Å². The van der Waals surface area contributed by atoms with E-state index in [1.165, 1.54) is 17.3 Å². The molecular weight excluding hydrogens is 305 g/mol. The Morgan fingerprint density at radius 2 is 1.67 bits per heavy atom. The van der Waals surface area contributed by atoms with E-state index in [2.05, 4.69) is 0 Å². The average Bonchev–Trinajstić information content (AvgIpc) is 2.37. The molecule has 8 heteroatoms. The molecule has 0 radical (unpaired) electrons. The molecule has 0 saturated carbocycles. The molecule has 0 unspecified atom stereocenters. The van der Waals surface area contributed by atoms with Crippen molar-refractivity contribution in [2.75, 3.05) is 37.3 Å². The maximum Gasteiger partial charge on any atom is 0.416 e. The zero-order valence-electron chi connectivity index (χ0n) is 11.8. The van der Waals surface area contributed by atoms with Gasteiger partial charge in [-0.05, 0) is 24.6 Å². The molecule has 118 valence electrons. The molecule has 0 aromatic heterocycles. The summed E-state index contributed by atoms with van der Waals surface area (Å²) < 4.78 is 62.9. The van der Waals surface area contributed by atoms with E-state index in [0.717, 1.165) is 12.3 Å². The van der Waals surface area contributed by atoms with E-state index in [-0.39, 0.29) is 18.7 Å². The molecule has 1 aromatic carbocycles. The highest BCUT2D eigenvalue weighted by molar-refractivity contribution is 7.88. The molecule has 1 aromatic rings. The van der Waals surface area contributed by atoms with Gasteiger partial charge in [0.05, 0.1) is 11.8 Å². The maximum absolute atomic E-state index is 12.9. The van der Waals surface area contributed by atoms with Crippen LogP contribution in [0.25, 0.3) is 0 Å². The molecule has 1 fully saturated rings. The van der Waals surface area contributed by atoms with Gasteiger partial charge in [-0.1, -0.05) is 6.07 Å². The van der Waals surface area contributed by atoms with Crippen LogP contribution in [0, 0.1) is 6.92 Å². The Morgan fingerprint density at radius 1 is 1.10 bits per heavy atom. The summed E-state index contributed by atoms with van der Waals surface area (Å²) in [7, 11) is -3.24. The van der Waals surface area contributed by atoms with Crippen molar-refractivity contribution in [1.82, 2.24) is 4.31 Å². The quantitative estimate of drug-likeness (QED) is 0.837. The third-order valence-corrected chi connectivity index (χ3v) is 4.90. The zero-order valence-corrected chi connectivity index (χ0v) is 12.6. The Hall–Kier alpha value is -1.28. The Morgan fingerprint density at radius 3 is 2.14 bits per heavy atom. The van der Waals surface area contributed by atoms with Crippen molar-refractivity contribution >= 4 is 15.7 Å². The van der Waals surface area contributed by atoms with Crippen LogP contribution in [0.2, 0.25) is 0 Å². The largest absolute Gasteiger partial charge is 0.416 e. The van der Waals surface area contributed by atoms with Gasteiger partial charge >= 0.3 is 6.18 Å². The summed E-state index contributed by atoms with van der Waals surface area (Å²) >= 11 is 0. The molecule has 0 atom stereocenters. The highest BCUT2D eigenvalue weighted by atomic mass is 32.2. The smallest absolute Gasteiger partial charge is 0.369 e. The number of anilines is 1. The van der Waals surface area contributed by atoms with E-state index in [9.17, 15) is 21.6 Å². The lowest BCUT2D eigenvalue weighted by atomic mass is 10.1. The van der Waals surface area contributed by atoms with Gasteiger partial charge < -0.3 is 4.90 Å². The summed E-state index contributed by atoms with van der Waals surface area (Å²) in [5.74, 6) is 0. The normalized spacial score (nSPS) is 18.0. The number of aryl methyl sites for hydroxylation is 1. The molecule has 2 rings (SSSR count). The SMILES string of the molecule is Cc1ccc(N2CCN(S(C)(=O)=O)CC2)cc1C(F)(F)F. The van der Waals surface area contributed by atoms with Crippen LogP contribution < -0.4 is 4.90 Å². The van der Waals surface area contributed by atoms with Crippen molar-refractivity contribution < 1.29 is 21.6 Å². The number of piperazine rings is 1. The predicted molar refractivity (Wildman–Crippen MR) is 74.8 cm³/mol. The van der Waals surface area contributed by atoms with Crippen molar-refractivity contribution in [2.24, 2.45) is 0 Å². The van der Waals surface area contributed by atoms with Crippen LogP contribution in [0.1, 0.15) is 11.1 Å². The fourth-order valence-corrected chi connectivity index (χ4v) is 3.22. The summed E-state index contributed by atoms with van der Waals surface area (Å²) in [5.41, 5.74) is 0.00707. The van der Waals surface area contributed by atoms with Crippen LogP contribution >= 0.6 is 0 Å². The molecular formula is C13H17F3N2O2S. The van der Waals surface area contributed by atoms with Gasteiger partial charge in [-0.15, -0.1) is 0 Å². The van der Waals surface area contributed by atoms with E-state index >= 15 is 0 Å². The second kappa shape index (κ2) is 5.49. The number of benzene rings is 1. The van der Waals surface area contributed by atoms with Crippen molar-refractivity contribution in [3.63, 3.8) is 0 Å². The van der Waals surface area contributed by atoms with Crippen LogP contribution in [0.15, 0.2) is 18.2 Å². The van der Waals surface area contributed by atoms with Crippen molar-refractivity contribution in [1.29, 1.82) is 0 Å². The molecule has 4 nitrogen and oxygen atoms in total. The fourth-order valence-electron chi connectivity index (χ4n) is 2.39.